The average Bonchev–Trinajstić information content (AvgIpc) is 3.22. The van der Waals surface area contributed by atoms with E-state index in [-0.39, 0.29) is 23.6 Å². The Labute approximate surface area is 244 Å². The largest absolute Gasteiger partial charge is 0.473 e. The first kappa shape index (κ1) is 27.8. The van der Waals surface area contributed by atoms with Gasteiger partial charge in [-0.05, 0) is 85.5 Å². The number of benzene rings is 2. The minimum absolute atomic E-state index is 0.135. The molecule has 0 radical (unpaired) electrons. The summed E-state index contributed by atoms with van der Waals surface area (Å²) in [7, 11) is 0. The Bertz CT molecular complexity index is 1720. The van der Waals surface area contributed by atoms with Crippen molar-refractivity contribution in [3.63, 3.8) is 0 Å². The van der Waals surface area contributed by atoms with Crippen molar-refractivity contribution in [1.82, 2.24) is 14.8 Å². The van der Waals surface area contributed by atoms with Crippen LogP contribution in [-0.4, -0.2) is 25.5 Å². The number of rotatable bonds is 7. The molecule has 1 saturated carbocycles. The molecule has 11 heteroatoms. The molecule has 6 nitrogen and oxygen atoms in total. The molecule has 0 saturated heterocycles. The van der Waals surface area contributed by atoms with Crippen LogP contribution in [0.1, 0.15) is 59.7 Å². The van der Waals surface area contributed by atoms with E-state index < -0.39 is 34.5 Å². The number of hydrogen-bond acceptors (Lipinski definition) is 5. The van der Waals surface area contributed by atoms with Crippen LogP contribution in [0.3, 0.4) is 0 Å². The van der Waals surface area contributed by atoms with Crippen LogP contribution in [-0.2, 0) is 38.8 Å². The first-order valence-electron chi connectivity index (χ1n) is 14.2. The van der Waals surface area contributed by atoms with E-state index in [1.807, 2.05) is 17.2 Å². The van der Waals surface area contributed by atoms with E-state index in [4.69, 9.17) is 4.74 Å². The summed E-state index contributed by atoms with van der Waals surface area (Å²) in [5.41, 5.74) is 1.43. The van der Waals surface area contributed by atoms with Crippen LogP contribution in [0, 0.1) is 17.6 Å². The topological polar surface area (TPSA) is 63.4 Å². The molecule has 2 unspecified atom stereocenters. The monoisotopic (exact) mass is 596 g/mol. The van der Waals surface area contributed by atoms with Crippen LogP contribution in [0.2, 0.25) is 0 Å². The average molecular weight is 597 g/mol. The fourth-order valence-electron chi connectivity index (χ4n) is 6.34. The minimum Gasteiger partial charge on any atom is -0.473 e. The second-order valence-electron chi connectivity index (χ2n) is 12.4. The maximum Gasteiger partial charge on any atom is 0.417 e. The van der Waals surface area contributed by atoms with Crippen molar-refractivity contribution in [2.75, 3.05) is 4.90 Å². The molecule has 1 fully saturated rings. The van der Waals surface area contributed by atoms with Gasteiger partial charge >= 0.3 is 6.18 Å². The lowest BCUT2D eigenvalue weighted by Gasteiger charge is -2.21. The van der Waals surface area contributed by atoms with Gasteiger partial charge in [-0.15, -0.1) is 0 Å². The van der Waals surface area contributed by atoms with Crippen LogP contribution in [0.5, 0.6) is 5.88 Å². The molecule has 2 aromatic carbocycles. The standard InChI is InChI=1S/C32H29F5N4O2/c1-31(2,42)16-41-13-20-12-40(14-29(20)39-41)21-3-4-22(28(34)9-21)24-7-19(27(33)10-26(24)32(35,36)37)15-43-30-8-18-5-17-6-23(17)25(18)11-38-30/h3-4,7-11,13,17,23,42H,5-6,12,14-16H2,1-2H3. The smallest absolute Gasteiger partial charge is 0.417 e. The number of pyridine rings is 1. The van der Waals surface area contributed by atoms with Gasteiger partial charge in [0, 0.05) is 47.4 Å². The number of halogens is 5. The zero-order valence-corrected chi connectivity index (χ0v) is 23.6. The minimum atomic E-state index is -4.91. The Kier molecular flexibility index (Phi) is 6.32. The SMILES string of the molecule is CC(C)(O)Cn1cc2c(n1)CN(c1ccc(-c3cc(COc4cc5c(cn4)C4CC4C5)c(F)cc3C(F)(F)F)c(F)c1)C2. The Balaban J connectivity index is 1.13. The molecule has 0 spiro atoms. The molecule has 43 heavy (non-hydrogen) atoms. The van der Waals surface area contributed by atoms with E-state index in [1.54, 1.807) is 30.8 Å². The number of nitrogens with zero attached hydrogens (tertiary/aromatic N) is 4. The van der Waals surface area contributed by atoms with Gasteiger partial charge in [-0.25, -0.2) is 13.8 Å². The zero-order chi connectivity index (χ0) is 30.3. The highest BCUT2D eigenvalue weighted by Gasteiger charge is 2.45. The highest BCUT2D eigenvalue weighted by Crippen LogP contribution is 2.56. The first-order chi connectivity index (χ1) is 20.3. The van der Waals surface area contributed by atoms with Gasteiger partial charge in [0.05, 0.1) is 29.9 Å². The lowest BCUT2D eigenvalue weighted by molar-refractivity contribution is -0.137. The van der Waals surface area contributed by atoms with Crippen molar-refractivity contribution < 1.29 is 31.8 Å². The molecule has 1 aliphatic heterocycles. The number of aliphatic hydroxyl groups is 1. The van der Waals surface area contributed by atoms with Crippen molar-refractivity contribution in [1.29, 1.82) is 0 Å². The molecule has 3 heterocycles. The molecule has 224 valence electrons. The first-order valence-corrected chi connectivity index (χ1v) is 14.2. The second kappa shape index (κ2) is 9.77. The number of fused-ring (bicyclic) bond motifs is 4. The van der Waals surface area contributed by atoms with Gasteiger partial charge in [0.15, 0.2) is 0 Å². The molecule has 1 N–H and O–H groups in total. The van der Waals surface area contributed by atoms with Crippen molar-refractivity contribution in [3.8, 4) is 17.0 Å². The summed E-state index contributed by atoms with van der Waals surface area (Å²) in [5, 5.41) is 14.6. The number of anilines is 1. The predicted molar refractivity (Wildman–Crippen MR) is 148 cm³/mol. The highest BCUT2D eigenvalue weighted by atomic mass is 19.4. The normalized spacial score (nSPS) is 18.9. The third-order valence-electron chi connectivity index (χ3n) is 8.45. The van der Waals surface area contributed by atoms with E-state index in [0.717, 1.165) is 29.3 Å². The molecule has 7 rings (SSSR count). The highest BCUT2D eigenvalue weighted by molar-refractivity contribution is 5.72. The summed E-state index contributed by atoms with van der Waals surface area (Å²) in [4.78, 5) is 6.16. The lowest BCUT2D eigenvalue weighted by atomic mass is 9.95. The molecule has 2 atom stereocenters. The molecule has 3 aliphatic rings. The van der Waals surface area contributed by atoms with Crippen LogP contribution in [0.15, 0.2) is 48.8 Å². The van der Waals surface area contributed by atoms with Gasteiger partial charge < -0.3 is 14.7 Å². The van der Waals surface area contributed by atoms with Gasteiger partial charge in [-0.2, -0.15) is 18.3 Å². The molecular weight excluding hydrogens is 567 g/mol. The van der Waals surface area contributed by atoms with E-state index >= 15 is 4.39 Å². The molecule has 2 aliphatic carbocycles. The number of hydrogen-bond donors (Lipinski definition) is 1. The summed E-state index contributed by atoms with van der Waals surface area (Å²) in [5.74, 6) is -0.480. The van der Waals surface area contributed by atoms with Crippen LogP contribution in [0.25, 0.3) is 11.1 Å². The van der Waals surface area contributed by atoms with Crippen molar-refractivity contribution in [2.45, 2.75) is 70.6 Å². The van der Waals surface area contributed by atoms with E-state index in [0.29, 0.717) is 43.2 Å². The Morgan fingerprint density at radius 2 is 1.81 bits per heavy atom. The summed E-state index contributed by atoms with van der Waals surface area (Å²) in [6.45, 7) is 4.15. The number of alkyl halides is 3. The van der Waals surface area contributed by atoms with E-state index in [9.17, 15) is 22.7 Å². The number of aromatic nitrogens is 3. The van der Waals surface area contributed by atoms with E-state index in [1.165, 1.54) is 24.1 Å². The number of ether oxygens (including phenoxy) is 1. The summed E-state index contributed by atoms with van der Waals surface area (Å²) >= 11 is 0. The molecule has 4 aromatic rings. The Hall–Kier alpha value is -3.99. The third kappa shape index (κ3) is 5.35. The quantitative estimate of drug-likeness (QED) is 0.239. The fourth-order valence-corrected chi connectivity index (χ4v) is 6.34. The lowest BCUT2D eigenvalue weighted by Crippen LogP contribution is -2.27. The zero-order valence-electron chi connectivity index (χ0n) is 23.6. The summed E-state index contributed by atoms with van der Waals surface area (Å²) in [6.07, 6.45) is 0.790. The Morgan fingerprint density at radius 1 is 1.00 bits per heavy atom. The maximum atomic E-state index is 15.5. The summed E-state index contributed by atoms with van der Waals surface area (Å²) < 4.78 is 79.8. The predicted octanol–water partition coefficient (Wildman–Crippen LogP) is 6.77. The van der Waals surface area contributed by atoms with Gasteiger partial charge in [0.2, 0.25) is 5.88 Å². The van der Waals surface area contributed by atoms with Crippen LogP contribution < -0.4 is 9.64 Å². The van der Waals surface area contributed by atoms with Gasteiger partial charge in [0.1, 0.15) is 18.2 Å². The maximum absolute atomic E-state index is 15.5. The Morgan fingerprint density at radius 3 is 2.53 bits per heavy atom. The van der Waals surface area contributed by atoms with Crippen LogP contribution >= 0.6 is 0 Å². The fraction of sp³-hybridized carbons (Fsp3) is 0.375. The third-order valence-corrected chi connectivity index (χ3v) is 8.45. The molecule has 0 amide bonds. The van der Waals surface area contributed by atoms with Crippen molar-refractivity contribution in [2.24, 2.45) is 5.92 Å². The summed E-state index contributed by atoms with van der Waals surface area (Å²) in [6, 6.07) is 7.24. The van der Waals surface area contributed by atoms with Crippen molar-refractivity contribution >= 4 is 5.69 Å². The molecule has 2 aromatic heterocycles. The van der Waals surface area contributed by atoms with Gasteiger partial charge in [-0.3, -0.25) is 4.68 Å². The molecule has 0 bridgehead atoms. The molecular formula is C32H29F5N4O2. The van der Waals surface area contributed by atoms with Crippen LogP contribution in [0.4, 0.5) is 27.6 Å². The van der Waals surface area contributed by atoms with Gasteiger partial charge in [-0.1, -0.05) is 0 Å². The second-order valence-corrected chi connectivity index (χ2v) is 12.4. The van der Waals surface area contributed by atoms with Gasteiger partial charge in [0.25, 0.3) is 0 Å². The van der Waals surface area contributed by atoms with Crippen molar-refractivity contribution in [3.05, 3.63) is 93.9 Å². The van der Waals surface area contributed by atoms with E-state index in [2.05, 4.69) is 10.1 Å².